The average molecular weight is 449 g/mol. The van der Waals surface area contributed by atoms with Gasteiger partial charge in [0.25, 0.3) is 0 Å². The van der Waals surface area contributed by atoms with Gasteiger partial charge < -0.3 is 0 Å². The second kappa shape index (κ2) is 11.4. The van der Waals surface area contributed by atoms with Crippen LogP contribution in [0, 0.1) is 11.7 Å². The molecule has 0 amide bonds. The summed E-state index contributed by atoms with van der Waals surface area (Å²) in [5.41, 5.74) is 3.69. The zero-order valence-corrected chi connectivity index (χ0v) is 19.4. The second-order valence-corrected chi connectivity index (χ2v) is 8.42. The standard InChI is InChI=1S/C11H12F3N.C11H12FN.C4H8/c1-3-8-7-9(11(12,13)14)5-6-10(8)15-4-2;1-7-5-8(2)13-11-4-3-9(12)6-10(7)11;1-4-2-3-4/h4-7H,3H2,1-2H3;3-4,6-7H,5H2,1-2H3;4H,2-3H2,1H3. The minimum atomic E-state index is -4.28. The highest BCUT2D eigenvalue weighted by Gasteiger charge is 2.30. The van der Waals surface area contributed by atoms with E-state index in [9.17, 15) is 17.6 Å². The van der Waals surface area contributed by atoms with Crippen LogP contribution in [0.4, 0.5) is 28.9 Å². The van der Waals surface area contributed by atoms with Crippen molar-refractivity contribution in [3.63, 3.8) is 0 Å². The molecule has 0 saturated heterocycles. The molecule has 2 aliphatic rings. The van der Waals surface area contributed by atoms with Gasteiger partial charge in [0.2, 0.25) is 0 Å². The van der Waals surface area contributed by atoms with Crippen molar-refractivity contribution in [3.05, 3.63) is 58.9 Å². The molecule has 1 atom stereocenters. The summed E-state index contributed by atoms with van der Waals surface area (Å²) in [5, 5.41) is 0. The molecule has 0 radical (unpaired) electrons. The second-order valence-electron chi connectivity index (χ2n) is 8.42. The minimum Gasteiger partial charge on any atom is -0.261 e. The van der Waals surface area contributed by atoms with Crippen molar-refractivity contribution in [2.75, 3.05) is 0 Å². The summed E-state index contributed by atoms with van der Waals surface area (Å²) in [4.78, 5) is 8.40. The Morgan fingerprint density at radius 3 is 2.28 bits per heavy atom. The van der Waals surface area contributed by atoms with Gasteiger partial charge in [-0.1, -0.05) is 33.6 Å². The number of nitrogens with zero attached hydrogens (tertiary/aromatic N) is 2. The van der Waals surface area contributed by atoms with E-state index in [1.54, 1.807) is 25.3 Å². The first-order valence-electron chi connectivity index (χ1n) is 11.1. The highest BCUT2D eigenvalue weighted by atomic mass is 19.4. The molecule has 1 saturated carbocycles. The van der Waals surface area contributed by atoms with Crippen molar-refractivity contribution < 1.29 is 17.6 Å². The quantitative estimate of drug-likeness (QED) is 0.324. The molecule has 0 aromatic heterocycles. The van der Waals surface area contributed by atoms with Crippen molar-refractivity contribution in [2.45, 2.75) is 72.4 Å². The van der Waals surface area contributed by atoms with E-state index in [2.05, 4.69) is 23.8 Å². The zero-order chi connectivity index (χ0) is 23.9. The number of aliphatic imine (C=N–C) groups is 2. The molecule has 2 aromatic rings. The molecule has 0 N–H and O–H groups in total. The molecular weight excluding hydrogens is 416 g/mol. The van der Waals surface area contributed by atoms with E-state index in [-0.39, 0.29) is 5.82 Å². The predicted molar refractivity (Wildman–Crippen MR) is 125 cm³/mol. The van der Waals surface area contributed by atoms with Gasteiger partial charge in [0, 0.05) is 11.9 Å². The molecule has 1 heterocycles. The van der Waals surface area contributed by atoms with Gasteiger partial charge in [-0.25, -0.2) is 4.39 Å². The number of aryl methyl sites for hydroxylation is 1. The Hall–Kier alpha value is -2.50. The van der Waals surface area contributed by atoms with Gasteiger partial charge in [-0.15, -0.1) is 0 Å². The maximum Gasteiger partial charge on any atom is 0.416 e. The summed E-state index contributed by atoms with van der Waals surface area (Å²) in [6.07, 6.45) is 1.74. The Kier molecular flexibility index (Phi) is 9.17. The van der Waals surface area contributed by atoms with Gasteiger partial charge >= 0.3 is 6.18 Å². The number of rotatable bonds is 2. The average Bonchev–Trinajstić information content (AvgIpc) is 3.51. The van der Waals surface area contributed by atoms with E-state index in [0.717, 1.165) is 41.4 Å². The molecule has 4 rings (SSSR count). The van der Waals surface area contributed by atoms with Gasteiger partial charge in [-0.05, 0) is 86.1 Å². The van der Waals surface area contributed by atoms with Crippen LogP contribution in [-0.2, 0) is 12.6 Å². The number of hydrogen-bond acceptors (Lipinski definition) is 2. The summed E-state index contributed by atoms with van der Waals surface area (Å²) < 4.78 is 50.1. The van der Waals surface area contributed by atoms with Crippen LogP contribution in [0.25, 0.3) is 0 Å². The lowest BCUT2D eigenvalue weighted by Crippen LogP contribution is -2.06. The fourth-order valence-electron chi connectivity index (χ4n) is 3.30. The molecule has 2 nitrogen and oxygen atoms in total. The third-order valence-corrected chi connectivity index (χ3v) is 5.36. The summed E-state index contributed by atoms with van der Waals surface area (Å²) in [6.45, 7) is 9.94. The van der Waals surface area contributed by atoms with E-state index in [1.807, 2.05) is 13.8 Å². The van der Waals surface area contributed by atoms with Crippen LogP contribution in [-0.4, -0.2) is 11.9 Å². The predicted octanol–water partition coefficient (Wildman–Crippen LogP) is 8.83. The van der Waals surface area contributed by atoms with Gasteiger partial charge in [0.15, 0.2) is 0 Å². The number of benzene rings is 2. The van der Waals surface area contributed by atoms with Crippen molar-refractivity contribution in [3.8, 4) is 0 Å². The highest BCUT2D eigenvalue weighted by Crippen LogP contribution is 2.34. The van der Waals surface area contributed by atoms with E-state index in [0.29, 0.717) is 23.6 Å². The SMILES string of the molecule is CC1=Nc2ccc(F)cc2C(C)C1.CC1CC1.CC=Nc1ccc(C(F)(F)F)cc1CC. The van der Waals surface area contributed by atoms with Crippen LogP contribution in [0.1, 0.15) is 76.5 Å². The van der Waals surface area contributed by atoms with Crippen molar-refractivity contribution in [2.24, 2.45) is 15.9 Å². The Morgan fingerprint density at radius 1 is 1.09 bits per heavy atom. The molecular formula is C26H32F4N2. The first kappa shape index (κ1) is 25.8. The Balaban J connectivity index is 0.000000194. The first-order valence-corrected chi connectivity index (χ1v) is 11.1. The van der Waals surface area contributed by atoms with Gasteiger partial charge in [-0.2, -0.15) is 13.2 Å². The van der Waals surface area contributed by atoms with E-state index in [4.69, 9.17) is 0 Å². The van der Waals surface area contributed by atoms with Crippen LogP contribution in [0.3, 0.4) is 0 Å². The van der Waals surface area contributed by atoms with Crippen LogP contribution in [0.5, 0.6) is 0 Å². The summed E-state index contributed by atoms with van der Waals surface area (Å²) >= 11 is 0. The molecule has 0 bridgehead atoms. The van der Waals surface area contributed by atoms with Crippen LogP contribution in [0.2, 0.25) is 0 Å². The monoisotopic (exact) mass is 448 g/mol. The number of alkyl halides is 3. The molecule has 174 valence electrons. The molecule has 1 aliphatic heterocycles. The normalized spacial score (nSPS) is 17.5. The van der Waals surface area contributed by atoms with Crippen LogP contribution >= 0.6 is 0 Å². The lowest BCUT2D eigenvalue weighted by molar-refractivity contribution is -0.137. The van der Waals surface area contributed by atoms with Crippen molar-refractivity contribution in [1.29, 1.82) is 0 Å². The van der Waals surface area contributed by atoms with Crippen LogP contribution in [0.15, 0.2) is 46.4 Å². The molecule has 1 fully saturated rings. The molecule has 6 heteroatoms. The maximum absolute atomic E-state index is 12.9. The van der Waals surface area contributed by atoms with Gasteiger partial charge in [0.05, 0.1) is 16.9 Å². The Bertz CT molecular complexity index is 957. The summed E-state index contributed by atoms with van der Waals surface area (Å²) in [7, 11) is 0. The topological polar surface area (TPSA) is 24.7 Å². The number of halogens is 4. The Morgan fingerprint density at radius 2 is 1.75 bits per heavy atom. The summed E-state index contributed by atoms with van der Waals surface area (Å²) in [5.74, 6) is 1.31. The first-order chi connectivity index (χ1) is 15.0. The highest BCUT2D eigenvalue weighted by molar-refractivity contribution is 5.87. The lowest BCUT2D eigenvalue weighted by Gasteiger charge is -2.19. The van der Waals surface area contributed by atoms with Gasteiger partial charge in [0.1, 0.15) is 5.82 Å². The third kappa shape index (κ3) is 7.88. The molecule has 1 aliphatic carbocycles. The minimum absolute atomic E-state index is 0.166. The van der Waals surface area contributed by atoms with Crippen molar-refractivity contribution in [1.82, 2.24) is 0 Å². The molecule has 0 spiro atoms. The zero-order valence-electron chi connectivity index (χ0n) is 19.4. The number of hydrogen-bond donors (Lipinski definition) is 0. The van der Waals surface area contributed by atoms with E-state index < -0.39 is 11.7 Å². The lowest BCUT2D eigenvalue weighted by atomic mass is 9.91. The number of fused-ring (bicyclic) bond motifs is 1. The smallest absolute Gasteiger partial charge is 0.261 e. The van der Waals surface area contributed by atoms with Gasteiger partial charge in [-0.3, -0.25) is 9.98 Å². The third-order valence-electron chi connectivity index (χ3n) is 5.36. The fraction of sp³-hybridized carbons (Fsp3) is 0.462. The molecule has 2 aromatic carbocycles. The molecule has 1 unspecified atom stereocenters. The maximum atomic E-state index is 12.9. The van der Waals surface area contributed by atoms with Crippen LogP contribution < -0.4 is 0 Å². The molecule has 32 heavy (non-hydrogen) atoms. The fourth-order valence-corrected chi connectivity index (χ4v) is 3.30. The van der Waals surface area contributed by atoms with E-state index >= 15 is 0 Å². The summed E-state index contributed by atoms with van der Waals surface area (Å²) in [6, 6.07) is 8.43. The van der Waals surface area contributed by atoms with E-state index in [1.165, 1.54) is 25.0 Å². The largest absolute Gasteiger partial charge is 0.416 e. The Labute approximate surface area is 188 Å². The van der Waals surface area contributed by atoms with Crippen molar-refractivity contribution >= 4 is 23.3 Å².